The summed E-state index contributed by atoms with van der Waals surface area (Å²) in [6.07, 6.45) is 8.10. The van der Waals surface area contributed by atoms with Crippen LogP contribution < -0.4 is 10.6 Å². The summed E-state index contributed by atoms with van der Waals surface area (Å²) in [6.45, 7) is 4.00. The highest BCUT2D eigenvalue weighted by Crippen LogP contribution is 2.23. The van der Waals surface area contributed by atoms with E-state index in [4.69, 9.17) is 0 Å². The van der Waals surface area contributed by atoms with Gasteiger partial charge in [0.1, 0.15) is 12.1 Å². The number of fused-ring (bicyclic) bond motifs is 1. The van der Waals surface area contributed by atoms with E-state index in [-0.39, 0.29) is 6.03 Å². The van der Waals surface area contributed by atoms with Crippen LogP contribution in [0, 0.1) is 0 Å². The van der Waals surface area contributed by atoms with Crippen LogP contribution in [-0.2, 0) is 19.5 Å². The van der Waals surface area contributed by atoms with Gasteiger partial charge >= 0.3 is 6.03 Å². The average Bonchev–Trinajstić information content (AvgIpc) is 3.38. The molecule has 2 N–H and O–H groups in total. The fourth-order valence-corrected chi connectivity index (χ4v) is 4.07. The predicted molar refractivity (Wildman–Crippen MR) is 105 cm³/mol. The maximum Gasteiger partial charge on any atom is 0.315 e. The molecule has 2 amide bonds. The molecule has 0 aromatic carbocycles. The van der Waals surface area contributed by atoms with Crippen molar-refractivity contribution < 1.29 is 4.79 Å². The van der Waals surface area contributed by atoms with E-state index in [1.807, 2.05) is 34.2 Å². The van der Waals surface area contributed by atoms with E-state index >= 15 is 0 Å². The normalized spacial score (nSPS) is 13.9. The first-order chi connectivity index (χ1) is 13.3. The first-order valence-corrected chi connectivity index (χ1v) is 9.88. The third-order valence-corrected chi connectivity index (χ3v) is 5.66. The largest absolute Gasteiger partial charge is 0.337 e. The van der Waals surface area contributed by atoms with Gasteiger partial charge in [0.2, 0.25) is 0 Å². The molecule has 4 rings (SSSR count). The van der Waals surface area contributed by atoms with Gasteiger partial charge in [0.15, 0.2) is 0 Å². The Labute approximate surface area is 162 Å². The van der Waals surface area contributed by atoms with Crippen molar-refractivity contribution in [2.75, 3.05) is 19.6 Å². The number of pyridine rings is 1. The molecule has 0 atom stereocenters. The lowest BCUT2D eigenvalue weighted by Crippen LogP contribution is -2.41. The zero-order valence-corrected chi connectivity index (χ0v) is 15.8. The topological polar surface area (TPSA) is 75.1 Å². The van der Waals surface area contributed by atoms with Crippen LogP contribution in [0.1, 0.15) is 16.0 Å². The minimum atomic E-state index is -0.149. The van der Waals surface area contributed by atoms with E-state index in [1.165, 1.54) is 10.4 Å². The fraction of sp³-hybridized carbons (Fsp3) is 0.316. The number of hydrogen-bond acceptors (Lipinski definition) is 5. The molecule has 3 aromatic heterocycles. The summed E-state index contributed by atoms with van der Waals surface area (Å²) >= 11 is 1.84. The summed E-state index contributed by atoms with van der Waals surface area (Å²) in [5, 5.41) is 8.01. The van der Waals surface area contributed by atoms with E-state index in [2.05, 4.69) is 36.9 Å². The monoisotopic (exact) mass is 382 g/mol. The maximum atomic E-state index is 12.1. The molecule has 0 aliphatic carbocycles. The molecule has 0 saturated carbocycles. The van der Waals surface area contributed by atoms with Crippen molar-refractivity contribution in [2.45, 2.75) is 19.5 Å². The lowest BCUT2D eigenvalue weighted by molar-refractivity contribution is 0.231. The van der Waals surface area contributed by atoms with Gasteiger partial charge in [0.25, 0.3) is 0 Å². The predicted octanol–water partition coefficient (Wildman–Crippen LogP) is 2.19. The van der Waals surface area contributed by atoms with E-state index in [0.29, 0.717) is 13.1 Å². The smallest absolute Gasteiger partial charge is 0.315 e. The number of carbonyl (C=O) groups is 1. The van der Waals surface area contributed by atoms with Crippen LogP contribution in [0.25, 0.3) is 5.82 Å². The molecule has 1 aliphatic rings. The van der Waals surface area contributed by atoms with Crippen LogP contribution in [0.4, 0.5) is 4.79 Å². The summed E-state index contributed by atoms with van der Waals surface area (Å²) < 4.78 is 1.83. The van der Waals surface area contributed by atoms with Crippen LogP contribution in [0.3, 0.4) is 0 Å². The molecule has 8 heteroatoms. The number of urea groups is 1. The van der Waals surface area contributed by atoms with Gasteiger partial charge in [-0.1, -0.05) is 0 Å². The molecule has 0 radical (unpaired) electrons. The van der Waals surface area contributed by atoms with Gasteiger partial charge in [-0.15, -0.1) is 11.3 Å². The average molecular weight is 382 g/mol. The second-order valence-electron chi connectivity index (χ2n) is 6.50. The molecule has 140 valence electrons. The molecule has 7 nitrogen and oxygen atoms in total. The molecule has 0 saturated heterocycles. The SMILES string of the molecule is O=C(NCCN1CCc2sccc2C1)NCc1ccnc(-n2ccnc2)c1. The Balaban J connectivity index is 1.20. The lowest BCUT2D eigenvalue weighted by Gasteiger charge is -2.26. The van der Waals surface area contributed by atoms with Crippen molar-refractivity contribution in [3.05, 3.63) is 64.5 Å². The summed E-state index contributed by atoms with van der Waals surface area (Å²) in [7, 11) is 0. The van der Waals surface area contributed by atoms with Gasteiger partial charge in [-0.25, -0.2) is 14.8 Å². The lowest BCUT2D eigenvalue weighted by atomic mass is 10.1. The zero-order valence-electron chi connectivity index (χ0n) is 15.0. The van der Waals surface area contributed by atoms with Crippen molar-refractivity contribution in [3.63, 3.8) is 0 Å². The number of nitrogens with zero attached hydrogens (tertiary/aromatic N) is 4. The summed E-state index contributed by atoms with van der Waals surface area (Å²) in [5.74, 6) is 0.783. The van der Waals surface area contributed by atoms with Gasteiger partial charge in [-0.3, -0.25) is 9.47 Å². The van der Waals surface area contributed by atoms with Crippen molar-refractivity contribution in [2.24, 2.45) is 0 Å². The molecule has 1 aliphatic heterocycles. The Hall–Kier alpha value is -2.71. The molecular weight excluding hydrogens is 360 g/mol. The summed E-state index contributed by atoms with van der Waals surface area (Å²) in [4.78, 5) is 24.3. The minimum Gasteiger partial charge on any atom is -0.337 e. The number of hydrogen-bond donors (Lipinski definition) is 2. The highest BCUT2D eigenvalue weighted by Gasteiger charge is 2.16. The minimum absolute atomic E-state index is 0.149. The van der Waals surface area contributed by atoms with Gasteiger partial charge < -0.3 is 10.6 Å². The number of amides is 2. The van der Waals surface area contributed by atoms with E-state index in [9.17, 15) is 4.79 Å². The number of rotatable bonds is 6. The van der Waals surface area contributed by atoms with E-state index < -0.39 is 0 Å². The number of aromatic nitrogens is 3. The van der Waals surface area contributed by atoms with Crippen molar-refractivity contribution in [3.8, 4) is 5.82 Å². The molecule has 0 bridgehead atoms. The van der Waals surface area contributed by atoms with Gasteiger partial charge in [0.05, 0.1) is 0 Å². The van der Waals surface area contributed by atoms with Crippen LogP contribution >= 0.6 is 11.3 Å². The fourth-order valence-electron chi connectivity index (χ4n) is 3.18. The quantitative estimate of drug-likeness (QED) is 0.685. The first kappa shape index (κ1) is 17.7. The van der Waals surface area contributed by atoms with E-state index in [1.54, 1.807) is 18.7 Å². The number of imidazole rings is 1. The molecule has 0 fully saturated rings. The standard InChI is InChI=1S/C19H22N6OS/c26-19(22-6-8-24-7-2-17-16(13-24)3-10-27-17)23-12-15-1-4-21-18(11-15)25-9-5-20-14-25/h1,3-5,9-11,14H,2,6-8,12-13H2,(H2,22,23,26). The number of carbonyl (C=O) groups excluding carboxylic acids is 1. The molecular formula is C19H22N6OS. The Bertz CT molecular complexity index is 891. The second kappa shape index (κ2) is 8.32. The molecule has 4 heterocycles. The maximum absolute atomic E-state index is 12.1. The molecule has 0 spiro atoms. The third-order valence-electron chi connectivity index (χ3n) is 4.63. The number of thiophene rings is 1. The summed E-state index contributed by atoms with van der Waals surface area (Å²) in [6, 6.07) is 5.89. The van der Waals surface area contributed by atoms with Gasteiger partial charge in [-0.2, -0.15) is 0 Å². The molecule has 3 aromatic rings. The van der Waals surface area contributed by atoms with Crippen LogP contribution in [0.5, 0.6) is 0 Å². The van der Waals surface area contributed by atoms with Crippen molar-refractivity contribution >= 4 is 17.4 Å². The van der Waals surface area contributed by atoms with Gasteiger partial charge in [-0.05, 0) is 41.1 Å². The third kappa shape index (κ3) is 4.53. The van der Waals surface area contributed by atoms with Crippen molar-refractivity contribution in [1.82, 2.24) is 30.1 Å². The summed E-state index contributed by atoms with van der Waals surface area (Å²) in [5.41, 5.74) is 2.42. The first-order valence-electron chi connectivity index (χ1n) is 9.00. The Morgan fingerprint density at radius 2 is 2.22 bits per heavy atom. The van der Waals surface area contributed by atoms with E-state index in [0.717, 1.165) is 37.4 Å². The highest BCUT2D eigenvalue weighted by molar-refractivity contribution is 7.10. The van der Waals surface area contributed by atoms with Crippen LogP contribution in [0.2, 0.25) is 0 Å². The van der Waals surface area contributed by atoms with Crippen molar-refractivity contribution in [1.29, 1.82) is 0 Å². The van der Waals surface area contributed by atoms with Gasteiger partial charge in [0, 0.05) is 56.2 Å². The zero-order chi connectivity index (χ0) is 18.5. The van der Waals surface area contributed by atoms with Crippen LogP contribution in [0.15, 0.2) is 48.5 Å². The Morgan fingerprint density at radius 1 is 1.26 bits per heavy atom. The Kier molecular flexibility index (Phi) is 5.45. The molecule has 0 unspecified atom stereocenters. The Morgan fingerprint density at radius 3 is 3.11 bits per heavy atom. The number of nitrogens with one attached hydrogen (secondary N) is 2. The van der Waals surface area contributed by atoms with Crippen LogP contribution in [-0.4, -0.2) is 45.1 Å². The highest BCUT2D eigenvalue weighted by atomic mass is 32.1. The second-order valence-corrected chi connectivity index (χ2v) is 7.50. The molecule has 27 heavy (non-hydrogen) atoms.